The van der Waals surface area contributed by atoms with Crippen molar-refractivity contribution in [3.8, 4) is 0 Å². The molecule has 11 heteroatoms. The van der Waals surface area contributed by atoms with Crippen molar-refractivity contribution in [3.05, 3.63) is 62.9 Å². The zero-order valence-corrected chi connectivity index (χ0v) is 16.1. The second-order valence-electron chi connectivity index (χ2n) is 6.05. The fraction of sp³-hybridized carbons (Fsp3) is 0.222. The van der Waals surface area contributed by atoms with Gasteiger partial charge in [-0.25, -0.2) is 9.78 Å². The SMILES string of the molecule is CSc1ccccc1NC(=O)Cn1c(=O)c2ccc(C(F)(F)F)nc2n(C)c1=O. The van der Waals surface area contributed by atoms with Gasteiger partial charge in [-0.15, -0.1) is 11.8 Å². The molecule has 29 heavy (non-hydrogen) atoms. The number of carbonyl (C=O) groups excluding carboxylic acids is 1. The fourth-order valence-electron chi connectivity index (χ4n) is 2.75. The third kappa shape index (κ3) is 4.04. The van der Waals surface area contributed by atoms with Gasteiger partial charge in [0.1, 0.15) is 17.9 Å². The van der Waals surface area contributed by atoms with E-state index in [9.17, 15) is 27.6 Å². The highest BCUT2D eigenvalue weighted by atomic mass is 32.2. The van der Waals surface area contributed by atoms with Gasteiger partial charge in [-0.05, 0) is 30.5 Å². The lowest BCUT2D eigenvalue weighted by molar-refractivity contribution is -0.141. The number of amides is 1. The number of carbonyl (C=O) groups is 1. The minimum absolute atomic E-state index is 0.197. The molecule has 1 amide bonds. The van der Waals surface area contributed by atoms with Gasteiger partial charge in [-0.3, -0.25) is 18.7 Å². The molecule has 0 aliphatic rings. The number of rotatable bonds is 4. The topological polar surface area (TPSA) is 86.0 Å². The first-order valence-corrected chi connectivity index (χ1v) is 9.46. The van der Waals surface area contributed by atoms with Gasteiger partial charge in [0.15, 0.2) is 0 Å². The van der Waals surface area contributed by atoms with Crippen LogP contribution in [0.15, 0.2) is 50.9 Å². The van der Waals surface area contributed by atoms with Crippen LogP contribution in [-0.2, 0) is 24.6 Å². The van der Waals surface area contributed by atoms with E-state index >= 15 is 0 Å². The lowest BCUT2D eigenvalue weighted by atomic mass is 10.2. The molecule has 0 saturated heterocycles. The third-order valence-electron chi connectivity index (χ3n) is 4.16. The molecule has 3 rings (SSSR count). The Bertz CT molecular complexity index is 1220. The number of benzene rings is 1. The van der Waals surface area contributed by atoms with E-state index in [-0.39, 0.29) is 5.39 Å². The molecule has 152 valence electrons. The first-order chi connectivity index (χ1) is 13.6. The standard InChI is InChI=1S/C18H15F3N4O3S/c1-24-15-10(7-8-13(23-15)18(19,20)21)16(27)25(17(24)28)9-14(26)22-11-5-3-4-6-12(11)29-2/h3-8H,9H2,1-2H3,(H,22,26). The van der Waals surface area contributed by atoms with Crippen LogP contribution in [0.2, 0.25) is 0 Å². The Hall–Kier alpha value is -3.08. The summed E-state index contributed by atoms with van der Waals surface area (Å²) in [6.45, 7) is -0.592. The van der Waals surface area contributed by atoms with E-state index in [1.165, 1.54) is 18.8 Å². The first kappa shape index (κ1) is 20.6. The van der Waals surface area contributed by atoms with Gasteiger partial charge in [0, 0.05) is 11.9 Å². The van der Waals surface area contributed by atoms with Crippen molar-refractivity contribution in [3.63, 3.8) is 0 Å². The van der Waals surface area contributed by atoms with Crippen LogP contribution in [0.25, 0.3) is 11.0 Å². The molecule has 1 aromatic carbocycles. The van der Waals surface area contributed by atoms with E-state index in [1.54, 1.807) is 24.3 Å². The van der Waals surface area contributed by atoms with Gasteiger partial charge in [0.05, 0.1) is 11.1 Å². The third-order valence-corrected chi connectivity index (χ3v) is 4.96. The predicted octanol–water partition coefficient (Wildman–Crippen LogP) is 2.47. The summed E-state index contributed by atoms with van der Waals surface area (Å²) >= 11 is 1.41. The summed E-state index contributed by atoms with van der Waals surface area (Å²) in [7, 11) is 1.19. The summed E-state index contributed by atoms with van der Waals surface area (Å²) in [5.74, 6) is -0.620. The predicted molar refractivity (Wildman–Crippen MR) is 103 cm³/mol. The smallest absolute Gasteiger partial charge is 0.324 e. The molecule has 0 unspecified atom stereocenters. The summed E-state index contributed by atoms with van der Waals surface area (Å²) in [5.41, 5.74) is -2.94. The van der Waals surface area contributed by atoms with Crippen molar-refractivity contribution in [1.29, 1.82) is 0 Å². The number of nitrogens with zero attached hydrogens (tertiary/aromatic N) is 3. The van der Waals surface area contributed by atoms with Crippen LogP contribution in [0.5, 0.6) is 0 Å². The average Bonchev–Trinajstić information content (AvgIpc) is 2.68. The van der Waals surface area contributed by atoms with E-state index in [2.05, 4.69) is 10.3 Å². The maximum absolute atomic E-state index is 12.9. The maximum Gasteiger partial charge on any atom is 0.433 e. The number of fused-ring (bicyclic) bond motifs is 1. The van der Waals surface area contributed by atoms with Crippen molar-refractivity contribution in [2.45, 2.75) is 17.6 Å². The molecule has 0 radical (unpaired) electrons. The van der Waals surface area contributed by atoms with Crippen molar-refractivity contribution in [2.24, 2.45) is 7.05 Å². The molecule has 0 spiro atoms. The van der Waals surface area contributed by atoms with E-state index in [4.69, 9.17) is 0 Å². The van der Waals surface area contributed by atoms with Crippen LogP contribution in [0.4, 0.5) is 18.9 Å². The molecule has 0 bridgehead atoms. The molecule has 0 fully saturated rings. The van der Waals surface area contributed by atoms with Crippen molar-refractivity contribution in [1.82, 2.24) is 14.1 Å². The van der Waals surface area contributed by atoms with Gasteiger partial charge in [-0.1, -0.05) is 12.1 Å². The lowest BCUT2D eigenvalue weighted by Crippen LogP contribution is -2.42. The van der Waals surface area contributed by atoms with Crippen LogP contribution in [0, 0.1) is 0 Å². The van der Waals surface area contributed by atoms with E-state index in [0.717, 1.165) is 15.5 Å². The number of anilines is 1. The highest BCUT2D eigenvalue weighted by Crippen LogP contribution is 2.28. The zero-order chi connectivity index (χ0) is 21.3. The second kappa shape index (κ2) is 7.74. The Kier molecular flexibility index (Phi) is 5.51. The monoisotopic (exact) mass is 424 g/mol. The number of thioether (sulfide) groups is 1. The molecular formula is C18H15F3N4O3S. The number of halogens is 3. The van der Waals surface area contributed by atoms with Crippen LogP contribution in [0.3, 0.4) is 0 Å². The number of nitrogens with one attached hydrogen (secondary N) is 1. The Labute approximate surface area is 166 Å². The normalized spacial score (nSPS) is 11.6. The molecule has 2 heterocycles. The molecule has 2 aromatic heterocycles. The Morgan fingerprint density at radius 1 is 1.17 bits per heavy atom. The van der Waals surface area contributed by atoms with E-state index < -0.39 is 41.2 Å². The molecular weight excluding hydrogens is 409 g/mol. The van der Waals surface area contributed by atoms with Gasteiger partial charge in [-0.2, -0.15) is 13.2 Å². The van der Waals surface area contributed by atoms with Gasteiger partial charge >= 0.3 is 11.9 Å². The molecule has 0 aliphatic carbocycles. The van der Waals surface area contributed by atoms with Crippen LogP contribution < -0.4 is 16.6 Å². The molecule has 0 aliphatic heterocycles. The Balaban J connectivity index is 2.01. The highest BCUT2D eigenvalue weighted by molar-refractivity contribution is 7.98. The number of para-hydroxylation sites is 1. The molecule has 0 atom stereocenters. The van der Waals surface area contributed by atoms with Gasteiger partial charge < -0.3 is 5.32 Å². The average molecular weight is 424 g/mol. The number of alkyl halides is 3. The Morgan fingerprint density at radius 2 is 1.86 bits per heavy atom. The molecule has 7 nitrogen and oxygen atoms in total. The van der Waals surface area contributed by atoms with E-state index in [1.807, 2.05) is 6.26 Å². The number of hydrogen-bond donors (Lipinski definition) is 1. The summed E-state index contributed by atoms with van der Waals surface area (Å²) in [4.78, 5) is 41.7. The zero-order valence-electron chi connectivity index (χ0n) is 15.3. The van der Waals surface area contributed by atoms with Crippen molar-refractivity contribution >= 4 is 34.4 Å². The van der Waals surface area contributed by atoms with Gasteiger partial charge in [0.25, 0.3) is 5.56 Å². The lowest BCUT2D eigenvalue weighted by Gasteiger charge is -2.13. The number of hydrogen-bond acceptors (Lipinski definition) is 5. The van der Waals surface area contributed by atoms with Crippen molar-refractivity contribution in [2.75, 3.05) is 11.6 Å². The van der Waals surface area contributed by atoms with Crippen LogP contribution in [-0.4, -0.2) is 26.3 Å². The molecule has 3 aromatic rings. The molecule has 0 saturated carbocycles. The van der Waals surface area contributed by atoms with Crippen molar-refractivity contribution < 1.29 is 18.0 Å². The molecule has 1 N–H and O–H groups in total. The quantitative estimate of drug-likeness (QED) is 0.651. The van der Waals surface area contributed by atoms with Crippen LogP contribution in [0.1, 0.15) is 5.69 Å². The van der Waals surface area contributed by atoms with Crippen LogP contribution >= 0.6 is 11.8 Å². The van der Waals surface area contributed by atoms with E-state index in [0.29, 0.717) is 16.3 Å². The number of pyridine rings is 1. The largest absolute Gasteiger partial charge is 0.433 e. The summed E-state index contributed by atoms with van der Waals surface area (Å²) in [6.07, 6.45) is -2.89. The number of aryl methyl sites for hydroxylation is 1. The fourth-order valence-corrected chi connectivity index (χ4v) is 3.31. The highest BCUT2D eigenvalue weighted by Gasteiger charge is 2.33. The summed E-state index contributed by atoms with van der Waals surface area (Å²) in [5, 5.41) is 2.43. The summed E-state index contributed by atoms with van der Waals surface area (Å²) < 4.78 is 40.1. The minimum atomic E-state index is -4.72. The van der Waals surface area contributed by atoms with Gasteiger partial charge in [0.2, 0.25) is 5.91 Å². The Morgan fingerprint density at radius 3 is 2.52 bits per heavy atom. The second-order valence-corrected chi connectivity index (χ2v) is 6.89. The summed E-state index contributed by atoms with van der Waals surface area (Å²) in [6, 6.07) is 8.60. The minimum Gasteiger partial charge on any atom is -0.324 e. The first-order valence-electron chi connectivity index (χ1n) is 8.24. The maximum atomic E-state index is 12.9. The number of aromatic nitrogens is 3.